The topological polar surface area (TPSA) is 42.6 Å². The molecule has 0 aromatic carbocycles. The van der Waals surface area contributed by atoms with Crippen LogP contribution in [-0.2, 0) is 6.54 Å². The molecule has 0 saturated heterocycles. The normalized spacial score (nSPS) is 19.9. The molecule has 1 atom stereocenters. The molecule has 1 aliphatic carbocycles. The first-order valence-corrected chi connectivity index (χ1v) is 7.88. The number of rotatable bonds is 6. The standard InChI is InChI=1S/C20H23NO2/c1-5-8-10-21-12-15-13-23-18(7-3)19(20(15)22)16(9-6-2)17-11-14(17)4/h5-10,13-14H,3,11-12H2,1-2,4H3/b8-5-,9-6-,17-16+,21-10?. The van der Waals surface area contributed by atoms with Gasteiger partial charge in [0, 0.05) is 6.21 Å². The largest absolute Gasteiger partial charge is 0.464 e. The molecule has 1 unspecified atom stereocenters. The molecule has 1 heterocycles. The molecule has 0 spiro atoms. The van der Waals surface area contributed by atoms with E-state index >= 15 is 0 Å². The molecule has 2 rings (SSSR count). The third-order valence-corrected chi connectivity index (χ3v) is 3.83. The number of nitrogens with zero attached hydrogens (tertiary/aromatic N) is 1. The van der Waals surface area contributed by atoms with Crippen LogP contribution >= 0.6 is 0 Å². The van der Waals surface area contributed by atoms with E-state index in [1.54, 1.807) is 12.3 Å². The summed E-state index contributed by atoms with van der Waals surface area (Å²) < 4.78 is 5.64. The first-order valence-electron chi connectivity index (χ1n) is 7.88. The Hall–Kier alpha value is -2.42. The summed E-state index contributed by atoms with van der Waals surface area (Å²) in [6, 6.07) is 0. The lowest BCUT2D eigenvalue weighted by atomic mass is 10.00. The van der Waals surface area contributed by atoms with Gasteiger partial charge in [-0.1, -0.05) is 37.3 Å². The minimum atomic E-state index is -0.0246. The van der Waals surface area contributed by atoms with Gasteiger partial charge in [0.15, 0.2) is 5.43 Å². The predicted molar refractivity (Wildman–Crippen MR) is 97.6 cm³/mol. The minimum absolute atomic E-state index is 0.0246. The van der Waals surface area contributed by atoms with Crippen LogP contribution in [0.4, 0.5) is 0 Å². The summed E-state index contributed by atoms with van der Waals surface area (Å²) >= 11 is 0. The smallest absolute Gasteiger partial charge is 0.198 e. The van der Waals surface area contributed by atoms with Crippen molar-refractivity contribution in [2.45, 2.75) is 33.7 Å². The van der Waals surface area contributed by atoms with Crippen molar-refractivity contribution in [1.29, 1.82) is 0 Å². The van der Waals surface area contributed by atoms with Crippen molar-refractivity contribution in [2.24, 2.45) is 10.9 Å². The second kappa shape index (κ2) is 7.73. The van der Waals surface area contributed by atoms with Crippen molar-refractivity contribution in [3.8, 4) is 0 Å². The Morgan fingerprint density at radius 2 is 2.17 bits per heavy atom. The van der Waals surface area contributed by atoms with E-state index in [0.29, 0.717) is 29.3 Å². The lowest BCUT2D eigenvalue weighted by Crippen LogP contribution is -2.15. The van der Waals surface area contributed by atoms with Crippen molar-refractivity contribution in [2.75, 3.05) is 0 Å². The Kier molecular flexibility index (Phi) is 5.69. The molecule has 1 aliphatic rings. The molecule has 3 heteroatoms. The molecule has 1 fully saturated rings. The molecule has 3 nitrogen and oxygen atoms in total. The highest BCUT2D eigenvalue weighted by Crippen LogP contribution is 2.43. The summed E-state index contributed by atoms with van der Waals surface area (Å²) in [5.41, 5.74) is 3.41. The van der Waals surface area contributed by atoms with Crippen molar-refractivity contribution < 1.29 is 4.42 Å². The van der Waals surface area contributed by atoms with E-state index in [0.717, 1.165) is 12.0 Å². The zero-order valence-corrected chi connectivity index (χ0v) is 14.0. The lowest BCUT2D eigenvalue weighted by Gasteiger charge is -2.08. The molecule has 120 valence electrons. The van der Waals surface area contributed by atoms with Crippen LogP contribution in [0.1, 0.15) is 44.1 Å². The van der Waals surface area contributed by atoms with E-state index in [9.17, 15) is 4.79 Å². The summed E-state index contributed by atoms with van der Waals surface area (Å²) in [5, 5.41) is 0. The van der Waals surface area contributed by atoms with E-state index < -0.39 is 0 Å². The molecule has 0 N–H and O–H groups in total. The van der Waals surface area contributed by atoms with Crippen LogP contribution in [-0.4, -0.2) is 6.21 Å². The first-order chi connectivity index (χ1) is 11.1. The zero-order chi connectivity index (χ0) is 16.8. The molecule has 0 radical (unpaired) electrons. The van der Waals surface area contributed by atoms with Crippen LogP contribution < -0.4 is 5.43 Å². The molecular weight excluding hydrogens is 286 g/mol. The monoisotopic (exact) mass is 309 g/mol. The average Bonchev–Trinajstić information content (AvgIpc) is 3.27. The van der Waals surface area contributed by atoms with Gasteiger partial charge in [-0.05, 0) is 43.9 Å². The van der Waals surface area contributed by atoms with Crippen molar-refractivity contribution in [3.63, 3.8) is 0 Å². The fourth-order valence-corrected chi connectivity index (χ4v) is 2.50. The number of allylic oxidation sites excluding steroid dienone is 6. The Morgan fingerprint density at radius 1 is 1.43 bits per heavy atom. The van der Waals surface area contributed by atoms with Gasteiger partial charge in [0.2, 0.25) is 0 Å². The van der Waals surface area contributed by atoms with Crippen LogP contribution in [0.15, 0.2) is 56.9 Å². The van der Waals surface area contributed by atoms with Gasteiger partial charge in [-0.25, -0.2) is 0 Å². The van der Waals surface area contributed by atoms with Gasteiger partial charge in [0.25, 0.3) is 0 Å². The summed E-state index contributed by atoms with van der Waals surface area (Å²) in [6.07, 6.45) is 13.5. The minimum Gasteiger partial charge on any atom is -0.464 e. The maximum absolute atomic E-state index is 12.9. The van der Waals surface area contributed by atoms with Crippen LogP contribution in [0.5, 0.6) is 0 Å². The van der Waals surface area contributed by atoms with Crippen LogP contribution in [0, 0.1) is 5.92 Å². The second-order valence-electron chi connectivity index (χ2n) is 5.59. The molecular formula is C20H23NO2. The highest BCUT2D eigenvalue weighted by Gasteiger charge is 2.30. The fourth-order valence-electron chi connectivity index (χ4n) is 2.50. The quantitative estimate of drug-likeness (QED) is 0.708. The molecule has 0 amide bonds. The Bertz CT molecular complexity index is 760. The van der Waals surface area contributed by atoms with E-state index in [1.807, 2.05) is 38.2 Å². The molecule has 23 heavy (non-hydrogen) atoms. The number of hydrogen-bond acceptors (Lipinski definition) is 3. The number of aliphatic imine (C=N–C) groups is 1. The summed E-state index contributed by atoms with van der Waals surface area (Å²) in [6.45, 7) is 10.1. The molecule has 0 bridgehead atoms. The molecule has 1 aromatic heterocycles. The summed E-state index contributed by atoms with van der Waals surface area (Å²) in [4.78, 5) is 17.1. The van der Waals surface area contributed by atoms with Gasteiger partial charge < -0.3 is 4.42 Å². The summed E-state index contributed by atoms with van der Waals surface area (Å²) in [7, 11) is 0. The van der Waals surface area contributed by atoms with E-state index in [2.05, 4.69) is 18.5 Å². The zero-order valence-electron chi connectivity index (χ0n) is 14.0. The van der Waals surface area contributed by atoms with E-state index in [1.165, 1.54) is 11.8 Å². The number of hydrogen-bond donors (Lipinski definition) is 0. The van der Waals surface area contributed by atoms with Gasteiger partial charge in [-0.2, -0.15) is 0 Å². The molecule has 1 aromatic rings. The van der Waals surface area contributed by atoms with Crippen LogP contribution in [0.3, 0.4) is 0 Å². The van der Waals surface area contributed by atoms with Gasteiger partial charge in [0.1, 0.15) is 12.0 Å². The van der Waals surface area contributed by atoms with Gasteiger partial charge in [-0.15, -0.1) is 0 Å². The lowest BCUT2D eigenvalue weighted by molar-refractivity contribution is 0.528. The maximum Gasteiger partial charge on any atom is 0.198 e. The fraction of sp³-hybridized carbons (Fsp3) is 0.300. The Labute approximate surface area is 137 Å². The SMILES string of the molecule is C=Cc1occ(CN=C/C=C\C)c(=O)c1C(/C=C\C)=C1\CC1C. The third-order valence-electron chi connectivity index (χ3n) is 3.83. The molecule has 1 saturated carbocycles. The van der Waals surface area contributed by atoms with Crippen molar-refractivity contribution >= 4 is 17.9 Å². The predicted octanol–water partition coefficient (Wildman–Crippen LogP) is 4.80. The first kappa shape index (κ1) is 16.9. The van der Waals surface area contributed by atoms with Gasteiger partial charge in [0.05, 0.1) is 17.7 Å². The van der Waals surface area contributed by atoms with Crippen LogP contribution in [0.25, 0.3) is 11.6 Å². The van der Waals surface area contributed by atoms with E-state index in [4.69, 9.17) is 4.42 Å². The Balaban J connectivity index is 2.53. The second-order valence-corrected chi connectivity index (χ2v) is 5.59. The van der Waals surface area contributed by atoms with Gasteiger partial charge in [-0.3, -0.25) is 9.79 Å². The van der Waals surface area contributed by atoms with Gasteiger partial charge >= 0.3 is 0 Å². The van der Waals surface area contributed by atoms with Crippen molar-refractivity contribution in [3.05, 3.63) is 69.8 Å². The van der Waals surface area contributed by atoms with E-state index in [-0.39, 0.29) is 5.43 Å². The average molecular weight is 309 g/mol. The Morgan fingerprint density at radius 3 is 2.74 bits per heavy atom. The highest BCUT2D eigenvalue weighted by atomic mass is 16.3. The summed E-state index contributed by atoms with van der Waals surface area (Å²) in [5.74, 6) is 1.05. The molecule has 0 aliphatic heterocycles. The maximum atomic E-state index is 12.9. The van der Waals surface area contributed by atoms with Crippen molar-refractivity contribution in [1.82, 2.24) is 0 Å². The van der Waals surface area contributed by atoms with Crippen LogP contribution in [0.2, 0.25) is 0 Å². The highest BCUT2D eigenvalue weighted by molar-refractivity contribution is 5.83. The third kappa shape index (κ3) is 3.86.